The Morgan fingerprint density at radius 2 is 1.89 bits per heavy atom. The summed E-state index contributed by atoms with van der Waals surface area (Å²) >= 11 is 0. The lowest BCUT2D eigenvalue weighted by atomic mass is 9.90. The van der Waals surface area contributed by atoms with Crippen LogP contribution in [0, 0.1) is 0 Å². The Morgan fingerprint density at radius 3 is 2.65 bits per heavy atom. The van der Waals surface area contributed by atoms with Crippen molar-refractivity contribution in [2.45, 2.75) is 62.8 Å². The normalized spacial score (nSPS) is 22.7. The topological polar surface area (TPSA) is 131 Å². The summed E-state index contributed by atoms with van der Waals surface area (Å²) in [5, 5.41) is 11.5. The number of nitrogen functional groups attached to an aromatic ring is 1. The molecule has 2 bridgehead atoms. The van der Waals surface area contributed by atoms with Gasteiger partial charge in [0, 0.05) is 48.2 Å². The molecule has 1 saturated carbocycles. The number of carbonyl (C=O) groups excluding carboxylic acids is 2. The van der Waals surface area contributed by atoms with Gasteiger partial charge in [0.05, 0.1) is 28.6 Å². The van der Waals surface area contributed by atoms with Crippen molar-refractivity contribution in [3.8, 4) is 11.3 Å². The zero-order valence-corrected chi connectivity index (χ0v) is 24.9. The number of nitrogens with zero attached hydrogens (tertiary/aromatic N) is 5. The second-order valence-corrected chi connectivity index (χ2v) is 12.1. The van der Waals surface area contributed by atoms with Gasteiger partial charge in [0.1, 0.15) is 17.3 Å². The van der Waals surface area contributed by atoms with E-state index in [1.54, 1.807) is 30.5 Å². The van der Waals surface area contributed by atoms with Gasteiger partial charge >= 0.3 is 6.18 Å². The molecule has 3 aliphatic rings. The molecule has 1 saturated heterocycles. The van der Waals surface area contributed by atoms with Crippen molar-refractivity contribution in [2.75, 3.05) is 24.1 Å². The molecule has 5 heterocycles. The van der Waals surface area contributed by atoms with E-state index in [1.165, 1.54) is 0 Å². The predicted octanol–water partition coefficient (Wildman–Crippen LogP) is 5.44. The number of hydrogen-bond acceptors (Lipinski definition) is 7. The Hall–Kier alpha value is -4.78. The summed E-state index contributed by atoms with van der Waals surface area (Å²) in [6.07, 6.45) is 7.51. The van der Waals surface area contributed by atoms with Crippen molar-refractivity contribution in [3.63, 3.8) is 0 Å². The summed E-state index contributed by atoms with van der Waals surface area (Å²) in [6.45, 7) is 1.72. The molecule has 2 aliphatic heterocycles. The number of pyridine rings is 2. The number of nitrogens with one attached hydrogen (secondary N) is 2. The number of benzene rings is 1. The average molecular weight is 631 g/mol. The van der Waals surface area contributed by atoms with Crippen LogP contribution in [-0.2, 0) is 11.0 Å². The molecule has 1 aromatic carbocycles. The van der Waals surface area contributed by atoms with Gasteiger partial charge < -0.3 is 16.4 Å². The molecular weight excluding hydrogens is 597 g/mol. The highest BCUT2D eigenvalue weighted by molar-refractivity contribution is 6.06. The van der Waals surface area contributed by atoms with Crippen LogP contribution in [-0.4, -0.2) is 61.6 Å². The number of alkyl halides is 3. The minimum atomic E-state index is -4.55. The summed E-state index contributed by atoms with van der Waals surface area (Å²) in [6, 6.07) is 8.27. The maximum absolute atomic E-state index is 13.1. The Morgan fingerprint density at radius 1 is 1.07 bits per heavy atom. The summed E-state index contributed by atoms with van der Waals surface area (Å²) in [5.74, 6) is -0.364. The van der Waals surface area contributed by atoms with Gasteiger partial charge in [-0.2, -0.15) is 18.3 Å². The van der Waals surface area contributed by atoms with E-state index in [2.05, 4.69) is 31.6 Å². The first-order valence-electron chi connectivity index (χ1n) is 15.5. The lowest BCUT2D eigenvalue weighted by Gasteiger charge is -2.41. The molecule has 3 atom stereocenters. The summed E-state index contributed by atoms with van der Waals surface area (Å²) < 4.78 is 41.4. The summed E-state index contributed by atoms with van der Waals surface area (Å²) in [7, 11) is 0. The van der Waals surface area contributed by atoms with Crippen LogP contribution in [0.5, 0.6) is 0 Å². The highest BCUT2D eigenvalue weighted by Crippen LogP contribution is 2.39. The van der Waals surface area contributed by atoms with Gasteiger partial charge in [0.25, 0.3) is 5.91 Å². The van der Waals surface area contributed by atoms with Gasteiger partial charge in [-0.3, -0.25) is 19.2 Å². The van der Waals surface area contributed by atoms with Crippen LogP contribution in [0.1, 0.15) is 66.1 Å². The minimum absolute atomic E-state index is 0.0229. The smallest absolute Gasteiger partial charge is 0.383 e. The molecule has 7 rings (SSSR count). The molecule has 0 spiro atoms. The Balaban J connectivity index is 1.23. The van der Waals surface area contributed by atoms with E-state index in [4.69, 9.17) is 10.8 Å². The minimum Gasteiger partial charge on any atom is -0.383 e. The maximum atomic E-state index is 13.1. The molecule has 0 radical (unpaired) electrons. The van der Waals surface area contributed by atoms with E-state index in [0.29, 0.717) is 22.5 Å². The largest absolute Gasteiger partial charge is 0.416 e. The Labute approximate surface area is 262 Å². The van der Waals surface area contributed by atoms with E-state index in [1.807, 2.05) is 10.8 Å². The van der Waals surface area contributed by atoms with Crippen molar-refractivity contribution in [1.82, 2.24) is 30.0 Å². The van der Waals surface area contributed by atoms with Crippen molar-refractivity contribution >= 4 is 40.4 Å². The molecule has 13 heteroatoms. The number of amides is 2. The molecular formula is C33H33F3N8O2. The second kappa shape index (κ2) is 11.9. The number of aromatic nitrogens is 4. The van der Waals surface area contributed by atoms with E-state index in [0.717, 1.165) is 81.0 Å². The molecule has 10 nitrogen and oxygen atoms in total. The molecule has 0 unspecified atom stereocenters. The first kappa shape index (κ1) is 29.9. The molecule has 238 valence electrons. The number of hydrogen-bond donors (Lipinski definition) is 3. The van der Waals surface area contributed by atoms with Crippen molar-refractivity contribution in [1.29, 1.82) is 0 Å². The Kier molecular flexibility index (Phi) is 7.71. The zero-order chi connectivity index (χ0) is 32.0. The fourth-order valence-corrected chi connectivity index (χ4v) is 6.72. The lowest BCUT2D eigenvalue weighted by Crippen LogP contribution is -2.58. The van der Waals surface area contributed by atoms with Gasteiger partial charge in [-0.05, 0) is 62.8 Å². The van der Waals surface area contributed by atoms with E-state index >= 15 is 0 Å². The van der Waals surface area contributed by atoms with Gasteiger partial charge in [-0.25, -0.2) is 9.97 Å². The van der Waals surface area contributed by atoms with Crippen LogP contribution in [0.15, 0.2) is 54.9 Å². The molecule has 2 fully saturated rings. The van der Waals surface area contributed by atoms with E-state index in [9.17, 15) is 22.8 Å². The first-order chi connectivity index (χ1) is 22.2. The fraction of sp³-hybridized carbons (Fsp3) is 0.364. The van der Waals surface area contributed by atoms with Gasteiger partial charge in [-0.1, -0.05) is 24.3 Å². The highest BCUT2D eigenvalue weighted by atomic mass is 19.4. The number of nitrogens with two attached hydrogens (primary N) is 1. The summed E-state index contributed by atoms with van der Waals surface area (Å²) in [4.78, 5) is 36.6. The molecule has 1 aliphatic carbocycles. The summed E-state index contributed by atoms with van der Waals surface area (Å²) in [5.41, 5.74) is 8.93. The molecule has 2 amide bonds. The van der Waals surface area contributed by atoms with Crippen molar-refractivity contribution in [2.24, 2.45) is 0 Å². The SMILES string of the molecule is Nc1ncc2c3c1c(-c1ccc(C(=O)Nc4cc(C(F)(F)F)ccn4)cc1)nn3[C@@H]1CCC[C@H](C1)NC(=O)[C@H]1CCN1CC/C=C/2. The van der Waals surface area contributed by atoms with Crippen LogP contribution in [0.4, 0.5) is 24.8 Å². The van der Waals surface area contributed by atoms with Crippen LogP contribution >= 0.6 is 0 Å². The monoisotopic (exact) mass is 630 g/mol. The third-order valence-corrected chi connectivity index (χ3v) is 9.18. The molecule has 4 aromatic rings. The van der Waals surface area contributed by atoms with Gasteiger partial charge in [0.15, 0.2) is 0 Å². The quantitative estimate of drug-likeness (QED) is 0.275. The van der Waals surface area contributed by atoms with Crippen molar-refractivity contribution in [3.05, 3.63) is 71.6 Å². The lowest BCUT2D eigenvalue weighted by molar-refractivity contribution is -0.137. The van der Waals surface area contributed by atoms with Crippen LogP contribution in [0.2, 0.25) is 0 Å². The second-order valence-electron chi connectivity index (χ2n) is 12.1. The molecule has 46 heavy (non-hydrogen) atoms. The third kappa shape index (κ3) is 5.70. The van der Waals surface area contributed by atoms with E-state index < -0.39 is 17.6 Å². The van der Waals surface area contributed by atoms with E-state index in [-0.39, 0.29) is 35.4 Å². The van der Waals surface area contributed by atoms with Gasteiger partial charge in [-0.15, -0.1) is 0 Å². The predicted molar refractivity (Wildman–Crippen MR) is 168 cm³/mol. The maximum Gasteiger partial charge on any atom is 0.416 e. The number of fused-ring (bicyclic) bond motifs is 4. The number of carbonyl (C=O) groups is 2. The first-order valence-corrected chi connectivity index (χ1v) is 15.5. The molecule has 4 N–H and O–H groups in total. The van der Waals surface area contributed by atoms with Crippen LogP contribution in [0.25, 0.3) is 28.2 Å². The van der Waals surface area contributed by atoms with Crippen LogP contribution < -0.4 is 16.4 Å². The third-order valence-electron chi connectivity index (χ3n) is 9.18. The standard InChI is InChI=1S/C33H33F3N8O2/c34-33(35,36)22-11-13-38-26(16-22)41-31(45)20-9-7-19(8-10-20)28-27-29-21(18-39-30(27)37)4-1-2-14-43-15-12-25(43)32(46)40-23-5-3-6-24(17-23)44(29)42-28/h1,4,7-11,13,16,18,23-25H,2-3,5-6,12,14-15,17H2,(H2,37,39)(H,40,46)(H,38,41,45)/b4-1+/t23-,24-,25-/m1/s1. The van der Waals surface area contributed by atoms with Gasteiger partial charge in [0.2, 0.25) is 5.91 Å². The number of anilines is 2. The molecule has 3 aromatic heterocycles. The Bertz CT molecular complexity index is 1840. The van der Waals surface area contributed by atoms with Crippen molar-refractivity contribution < 1.29 is 22.8 Å². The fourth-order valence-electron chi connectivity index (χ4n) is 6.72. The zero-order valence-electron chi connectivity index (χ0n) is 24.9. The number of halogens is 3. The van der Waals surface area contributed by atoms with Crippen LogP contribution in [0.3, 0.4) is 0 Å². The average Bonchev–Trinajstić information content (AvgIpc) is 3.43. The number of rotatable bonds is 3. The highest BCUT2D eigenvalue weighted by Gasteiger charge is 2.36.